The van der Waals surface area contributed by atoms with Crippen molar-refractivity contribution in [1.29, 1.82) is 0 Å². The predicted octanol–water partition coefficient (Wildman–Crippen LogP) is 1.79. The Bertz CT molecular complexity index is 633. The van der Waals surface area contributed by atoms with E-state index < -0.39 is 9.84 Å². The SMILES string of the molecule is C[C@@H]1CCc2c(C(=O)N[C@@H]3CCS(=O)(=O)C3)csc2C1. The summed E-state index contributed by atoms with van der Waals surface area (Å²) in [6.45, 7) is 2.24. The van der Waals surface area contributed by atoms with Crippen molar-refractivity contribution in [3.8, 4) is 0 Å². The molecule has 6 heteroatoms. The van der Waals surface area contributed by atoms with Crippen LogP contribution in [-0.2, 0) is 22.7 Å². The number of sulfone groups is 1. The van der Waals surface area contributed by atoms with Gasteiger partial charge in [-0.1, -0.05) is 6.92 Å². The van der Waals surface area contributed by atoms with E-state index in [1.54, 1.807) is 11.3 Å². The van der Waals surface area contributed by atoms with E-state index >= 15 is 0 Å². The van der Waals surface area contributed by atoms with Gasteiger partial charge >= 0.3 is 0 Å². The Morgan fingerprint density at radius 1 is 1.40 bits per heavy atom. The van der Waals surface area contributed by atoms with Crippen LogP contribution < -0.4 is 5.32 Å². The van der Waals surface area contributed by atoms with Crippen molar-refractivity contribution >= 4 is 27.1 Å². The molecule has 110 valence electrons. The zero-order chi connectivity index (χ0) is 14.3. The molecular weight excluding hydrogens is 294 g/mol. The van der Waals surface area contributed by atoms with Gasteiger partial charge in [0.2, 0.25) is 0 Å². The van der Waals surface area contributed by atoms with E-state index in [0.717, 1.165) is 24.8 Å². The maximum atomic E-state index is 12.3. The van der Waals surface area contributed by atoms with E-state index in [-0.39, 0.29) is 23.5 Å². The van der Waals surface area contributed by atoms with E-state index in [1.807, 2.05) is 5.38 Å². The van der Waals surface area contributed by atoms with E-state index in [1.165, 1.54) is 10.4 Å². The Kier molecular flexibility index (Phi) is 3.62. The van der Waals surface area contributed by atoms with Gasteiger partial charge in [-0.3, -0.25) is 4.79 Å². The average molecular weight is 313 g/mol. The summed E-state index contributed by atoms with van der Waals surface area (Å²) in [5, 5.41) is 4.82. The molecule has 20 heavy (non-hydrogen) atoms. The fourth-order valence-electron chi connectivity index (χ4n) is 3.04. The second-order valence-corrected chi connectivity index (χ2v) is 9.17. The molecule has 1 aliphatic carbocycles. The van der Waals surface area contributed by atoms with E-state index in [4.69, 9.17) is 0 Å². The molecule has 1 aromatic heterocycles. The molecule has 1 N–H and O–H groups in total. The molecule has 4 nitrogen and oxygen atoms in total. The Labute approximate surface area is 123 Å². The van der Waals surface area contributed by atoms with Crippen LogP contribution in [0.3, 0.4) is 0 Å². The first-order chi connectivity index (χ1) is 9.44. The van der Waals surface area contributed by atoms with Crippen molar-refractivity contribution in [1.82, 2.24) is 5.32 Å². The zero-order valence-corrected chi connectivity index (χ0v) is 13.1. The number of nitrogens with one attached hydrogen (secondary N) is 1. The van der Waals surface area contributed by atoms with Crippen LogP contribution in [0.2, 0.25) is 0 Å². The van der Waals surface area contributed by atoms with Gasteiger partial charge in [0, 0.05) is 16.3 Å². The van der Waals surface area contributed by atoms with Gasteiger partial charge in [-0.2, -0.15) is 0 Å². The first-order valence-corrected chi connectivity index (χ1v) is 9.75. The molecule has 1 aliphatic heterocycles. The second-order valence-electron chi connectivity index (χ2n) is 5.97. The summed E-state index contributed by atoms with van der Waals surface area (Å²) in [4.78, 5) is 13.7. The molecule has 1 amide bonds. The fraction of sp³-hybridized carbons (Fsp3) is 0.643. The number of carbonyl (C=O) groups is 1. The Morgan fingerprint density at radius 2 is 2.20 bits per heavy atom. The van der Waals surface area contributed by atoms with Gasteiger partial charge < -0.3 is 5.32 Å². The van der Waals surface area contributed by atoms with Crippen LogP contribution in [0.5, 0.6) is 0 Å². The molecule has 2 heterocycles. The highest BCUT2D eigenvalue weighted by molar-refractivity contribution is 7.91. The van der Waals surface area contributed by atoms with Gasteiger partial charge in [0.1, 0.15) is 0 Å². The summed E-state index contributed by atoms with van der Waals surface area (Å²) < 4.78 is 22.9. The number of hydrogen-bond donors (Lipinski definition) is 1. The summed E-state index contributed by atoms with van der Waals surface area (Å²) in [5.74, 6) is 0.871. The predicted molar refractivity (Wildman–Crippen MR) is 80.0 cm³/mol. The lowest BCUT2D eigenvalue weighted by Gasteiger charge is -2.19. The van der Waals surface area contributed by atoms with E-state index in [0.29, 0.717) is 12.3 Å². The van der Waals surface area contributed by atoms with Crippen LogP contribution in [0.15, 0.2) is 5.38 Å². The molecule has 2 aliphatic rings. The summed E-state index contributed by atoms with van der Waals surface area (Å²) in [6.07, 6.45) is 3.69. The monoisotopic (exact) mass is 313 g/mol. The van der Waals surface area contributed by atoms with Crippen LogP contribution in [0, 0.1) is 5.92 Å². The third-order valence-corrected chi connectivity index (χ3v) is 7.03. The highest BCUT2D eigenvalue weighted by Gasteiger charge is 2.30. The molecule has 1 saturated heterocycles. The molecular formula is C14H19NO3S2. The zero-order valence-electron chi connectivity index (χ0n) is 11.5. The van der Waals surface area contributed by atoms with Gasteiger partial charge in [0.05, 0.1) is 17.1 Å². The largest absolute Gasteiger partial charge is 0.348 e. The second kappa shape index (κ2) is 5.15. The standard InChI is InChI=1S/C14H19NO3S2/c1-9-2-3-11-12(7-19-13(11)6-9)14(16)15-10-4-5-20(17,18)8-10/h7,9-10H,2-6,8H2,1H3,(H,15,16)/t9-,10-/m1/s1. The van der Waals surface area contributed by atoms with Gasteiger partial charge in [-0.05, 0) is 37.2 Å². The molecule has 0 radical (unpaired) electrons. The van der Waals surface area contributed by atoms with E-state index in [9.17, 15) is 13.2 Å². The minimum absolute atomic E-state index is 0.0854. The summed E-state index contributed by atoms with van der Waals surface area (Å²) in [7, 11) is -2.95. The molecule has 0 aromatic carbocycles. The first kappa shape index (κ1) is 14.1. The molecule has 0 unspecified atom stereocenters. The summed E-state index contributed by atoms with van der Waals surface area (Å²) >= 11 is 1.66. The smallest absolute Gasteiger partial charge is 0.252 e. The van der Waals surface area contributed by atoms with E-state index in [2.05, 4.69) is 12.2 Å². The number of amides is 1. The lowest BCUT2D eigenvalue weighted by Crippen LogP contribution is -2.36. The van der Waals surface area contributed by atoms with Crippen molar-refractivity contribution in [3.05, 3.63) is 21.4 Å². The number of rotatable bonds is 2. The highest BCUT2D eigenvalue weighted by Crippen LogP contribution is 2.32. The molecule has 1 aromatic rings. The van der Waals surface area contributed by atoms with Crippen LogP contribution in [0.1, 0.15) is 40.6 Å². The highest BCUT2D eigenvalue weighted by atomic mass is 32.2. The van der Waals surface area contributed by atoms with Crippen molar-refractivity contribution < 1.29 is 13.2 Å². The topological polar surface area (TPSA) is 63.2 Å². The normalized spacial score (nSPS) is 28.1. The van der Waals surface area contributed by atoms with Gasteiger partial charge in [0.15, 0.2) is 9.84 Å². The van der Waals surface area contributed by atoms with Crippen LogP contribution in [0.25, 0.3) is 0 Å². The van der Waals surface area contributed by atoms with Gasteiger partial charge in [0.25, 0.3) is 5.91 Å². The number of carbonyl (C=O) groups excluding carboxylic acids is 1. The molecule has 2 atom stereocenters. The summed E-state index contributed by atoms with van der Waals surface area (Å²) in [5.41, 5.74) is 1.95. The number of thiophene rings is 1. The van der Waals surface area contributed by atoms with Gasteiger partial charge in [-0.25, -0.2) is 8.42 Å². The number of hydrogen-bond acceptors (Lipinski definition) is 4. The minimum atomic E-state index is -2.95. The van der Waals surface area contributed by atoms with Crippen molar-refractivity contribution in [2.75, 3.05) is 11.5 Å². The first-order valence-electron chi connectivity index (χ1n) is 7.05. The number of fused-ring (bicyclic) bond motifs is 1. The fourth-order valence-corrected chi connectivity index (χ4v) is 5.96. The average Bonchev–Trinajstić information content (AvgIpc) is 2.92. The third kappa shape index (κ3) is 2.76. The summed E-state index contributed by atoms with van der Waals surface area (Å²) in [6, 6.07) is -0.217. The molecule has 0 saturated carbocycles. The Morgan fingerprint density at radius 3 is 2.90 bits per heavy atom. The van der Waals surface area contributed by atoms with Crippen LogP contribution >= 0.6 is 11.3 Å². The lowest BCUT2D eigenvalue weighted by molar-refractivity contribution is 0.0940. The molecule has 1 fully saturated rings. The maximum absolute atomic E-state index is 12.3. The lowest BCUT2D eigenvalue weighted by atomic mass is 9.88. The molecule has 0 spiro atoms. The van der Waals surface area contributed by atoms with Crippen LogP contribution in [0.4, 0.5) is 0 Å². The molecule has 3 rings (SSSR count). The Balaban J connectivity index is 1.72. The maximum Gasteiger partial charge on any atom is 0.252 e. The Hall–Kier alpha value is -0.880. The quantitative estimate of drug-likeness (QED) is 0.905. The van der Waals surface area contributed by atoms with Crippen molar-refractivity contribution in [3.63, 3.8) is 0 Å². The van der Waals surface area contributed by atoms with Crippen molar-refractivity contribution in [2.24, 2.45) is 5.92 Å². The third-order valence-electron chi connectivity index (χ3n) is 4.21. The van der Waals surface area contributed by atoms with Gasteiger partial charge in [-0.15, -0.1) is 11.3 Å². The van der Waals surface area contributed by atoms with Crippen LogP contribution in [-0.4, -0.2) is 31.9 Å². The molecule has 0 bridgehead atoms. The van der Waals surface area contributed by atoms with Crippen molar-refractivity contribution in [2.45, 2.75) is 38.6 Å². The minimum Gasteiger partial charge on any atom is -0.348 e.